The molecule has 1 aliphatic rings. The number of para-hydroxylation sites is 1. The second-order valence-electron chi connectivity index (χ2n) is 5.04. The van der Waals surface area contributed by atoms with E-state index in [9.17, 15) is 4.79 Å². The zero-order valence-electron chi connectivity index (χ0n) is 12.3. The summed E-state index contributed by atoms with van der Waals surface area (Å²) < 4.78 is 10.4. The van der Waals surface area contributed by atoms with E-state index in [1.165, 1.54) is 0 Å². The lowest BCUT2D eigenvalue weighted by molar-refractivity contribution is 0.0302. The predicted molar refractivity (Wildman–Crippen MR) is 84.5 cm³/mol. The summed E-state index contributed by atoms with van der Waals surface area (Å²) >= 11 is 0. The molecule has 0 unspecified atom stereocenters. The molecule has 0 bridgehead atoms. The molecule has 5 heteroatoms. The highest BCUT2D eigenvalue weighted by Crippen LogP contribution is 2.13. The highest BCUT2D eigenvalue weighted by atomic mass is 16.6. The topological polar surface area (TPSA) is 51.7 Å². The van der Waals surface area contributed by atoms with Gasteiger partial charge < -0.3 is 14.4 Å². The molecule has 0 radical (unpaired) electrons. The Kier molecular flexibility index (Phi) is 4.65. The highest BCUT2D eigenvalue weighted by molar-refractivity contribution is 5.80. The van der Waals surface area contributed by atoms with Crippen LogP contribution in [0.5, 0.6) is 0 Å². The number of fused-ring (bicyclic) bond motifs is 1. The number of carbonyl (C=O) groups excluding carboxylic acids is 1. The summed E-state index contributed by atoms with van der Waals surface area (Å²) in [6, 6.07) is 10.0. The molecule has 5 nitrogen and oxygen atoms in total. The number of ether oxygens (including phenoxy) is 2. The Morgan fingerprint density at radius 3 is 3.00 bits per heavy atom. The summed E-state index contributed by atoms with van der Waals surface area (Å²) in [5, 5.41) is 1.09. The van der Waals surface area contributed by atoms with Crippen molar-refractivity contribution in [1.29, 1.82) is 0 Å². The first-order valence-electron chi connectivity index (χ1n) is 7.34. The molecule has 1 fully saturated rings. The van der Waals surface area contributed by atoms with Crippen LogP contribution >= 0.6 is 0 Å². The normalized spacial score (nSPS) is 15.4. The van der Waals surface area contributed by atoms with Crippen LogP contribution in [0.2, 0.25) is 0 Å². The van der Waals surface area contributed by atoms with E-state index in [0.717, 1.165) is 16.5 Å². The molecule has 0 saturated carbocycles. The van der Waals surface area contributed by atoms with Gasteiger partial charge in [0, 0.05) is 24.7 Å². The largest absolute Gasteiger partial charge is 0.445 e. The van der Waals surface area contributed by atoms with Crippen molar-refractivity contribution < 1.29 is 14.3 Å². The first-order chi connectivity index (χ1) is 10.8. The fourth-order valence-electron chi connectivity index (χ4n) is 2.32. The number of pyridine rings is 1. The van der Waals surface area contributed by atoms with Gasteiger partial charge in [-0.05, 0) is 23.8 Å². The molecule has 1 saturated heterocycles. The molecule has 0 atom stereocenters. The second-order valence-corrected chi connectivity index (χ2v) is 5.04. The van der Waals surface area contributed by atoms with Gasteiger partial charge in [0.1, 0.15) is 6.61 Å². The summed E-state index contributed by atoms with van der Waals surface area (Å²) in [4.78, 5) is 17.8. The number of benzene rings is 1. The standard InChI is InChI=1S/C17H18N2O3/c20-17(19-7-10-21-11-8-19)22-9-3-4-14-12-15-5-1-2-6-16(15)18-13-14/h1-6,12-13H,7-11H2/b4-3+. The lowest BCUT2D eigenvalue weighted by atomic mass is 10.1. The fourth-order valence-corrected chi connectivity index (χ4v) is 2.32. The minimum atomic E-state index is -0.287. The van der Waals surface area contributed by atoms with Crippen LogP contribution in [0.4, 0.5) is 4.79 Å². The third-order valence-electron chi connectivity index (χ3n) is 3.49. The third-order valence-corrected chi connectivity index (χ3v) is 3.49. The molecule has 0 N–H and O–H groups in total. The number of aromatic nitrogens is 1. The van der Waals surface area contributed by atoms with Gasteiger partial charge in [-0.15, -0.1) is 0 Å². The van der Waals surface area contributed by atoms with Crippen molar-refractivity contribution in [2.24, 2.45) is 0 Å². The van der Waals surface area contributed by atoms with Crippen LogP contribution in [-0.4, -0.2) is 48.9 Å². The van der Waals surface area contributed by atoms with Crippen LogP contribution in [0.25, 0.3) is 17.0 Å². The van der Waals surface area contributed by atoms with Crippen LogP contribution in [-0.2, 0) is 9.47 Å². The summed E-state index contributed by atoms with van der Waals surface area (Å²) in [5.41, 5.74) is 1.96. The second kappa shape index (κ2) is 7.04. The van der Waals surface area contributed by atoms with Crippen molar-refractivity contribution in [3.8, 4) is 0 Å². The summed E-state index contributed by atoms with van der Waals surface area (Å²) in [6.07, 6.45) is 5.25. The van der Waals surface area contributed by atoms with Crippen molar-refractivity contribution in [1.82, 2.24) is 9.88 Å². The summed E-state index contributed by atoms with van der Waals surface area (Å²) in [7, 11) is 0. The van der Waals surface area contributed by atoms with Gasteiger partial charge >= 0.3 is 6.09 Å². The first-order valence-corrected chi connectivity index (χ1v) is 7.34. The van der Waals surface area contributed by atoms with E-state index in [0.29, 0.717) is 26.3 Å². The van der Waals surface area contributed by atoms with Crippen molar-refractivity contribution in [2.45, 2.75) is 0 Å². The maximum absolute atomic E-state index is 11.8. The molecule has 1 aromatic heterocycles. The molecule has 114 valence electrons. The minimum absolute atomic E-state index is 0.253. The molecule has 0 aliphatic carbocycles. The molecular weight excluding hydrogens is 280 g/mol. The Bertz CT molecular complexity index is 678. The van der Waals surface area contributed by atoms with E-state index in [4.69, 9.17) is 9.47 Å². The first kappa shape index (κ1) is 14.5. The van der Waals surface area contributed by atoms with Gasteiger partial charge in [-0.3, -0.25) is 4.98 Å². The van der Waals surface area contributed by atoms with E-state index in [2.05, 4.69) is 11.1 Å². The monoisotopic (exact) mass is 298 g/mol. The average Bonchev–Trinajstić information content (AvgIpc) is 2.59. The van der Waals surface area contributed by atoms with Crippen LogP contribution in [0.1, 0.15) is 5.56 Å². The van der Waals surface area contributed by atoms with Gasteiger partial charge in [-0.1, -0.05) is 24.3 Å². The molecule has 2 aromatic rings. The maximum atomic E-state index is 11.8. The van der Waals surface area contributed by atoms with E-state index in [1.54, 1.807) is 4.90 Å². The fraction of sp³-hybridized carbons (Fsp3) is 0.294. The SMILES string of the molecule is O=C(OC/C=C/c1cnc2ccccc2c1)N1CCOCC1. The summed E-state index contributed by atoms with van der Waals surface area (Å²) in [6.45, 7) is 2.60. The Morgan fingerprint density at radius 1 is 1.32 bits per heavy atom. The Hall–Kier alpha value is -2.40. The Labute approximate surface area is 129 Å². The maximum Gasteiger partial charge on any atom is 0.410 e. The Morgan fingerprint density at radius 2 is 2.14 bits per heavy atom. The van der Waals surface area contributed by atoms with E-state index in [1.807, 2.05) is 42.6 Å². The van der Waals surface area contributed by atoms with Crippen molar-refractivity contribution >= 4 is 23.1 Å². The molecule has 1 amide bonds. The number of morpholine rings is 1. The molecule has 1 aromatic carbocycles. The lowest BCUT2D eigenvalue weighted by Gasteiger charge is -2.25. The van der Waals surface area contributed by atoms with Gasteiger partial charge in [0.05, 0.1) is 18.7 Å². The Balaban J connectivity index is 1.53. The van der Waals surface area contributed by atoms with Crippen LogP contribution in [0.3, 0.4) is 0 Å². The van der Waals surface area contributed by atoms with Gasteiger partial charge in [0.25, 0.3) is 0 Å². The van der Waals surface area contributed by atoms with Crippen LogP contribution in [0.15, 0.2) is 42.6 Å². The number of rotatable bonds is 3. The molecule has 0 spiro atoms. The zero-order chi connectivity index (χ0) is 15.2. The average molecular weight is 298 g/mol. The third kappa shape index (κ3) is 3.62. The molecule has 3 rings (SSSR count). The number of hydrogen-bond donors (Lipinski definition) is 0. The van der Waals surface area contributed by atoms with Gasteiger partial charge in [-0.2, -0.15) is 0 Å². The zero-order valence-corrected chi connectivity index (χ0v) is 12.3. The lowest BCUT2D eigenvalue weighted by Crippen LogP contribution is -2.41. The molecule has 1 aliphatic heterocycles. The van der Waals surface area contributed by atoms with Gasteiger partial charge in [-0.25, -0.2) is 4.79 Å². The van der Waals surface area contributed by atoms with Crippen LogP contribution in [0, 0.1) is 0 Å². The van der Waals surface area contributed by atoms with E-state index in [-0.39, 0.29) is 12.7 Å². The number of hydrogen-bond acceptors (Lipinski definition) is 4. The molecular formula is C17H18N2O3. The quantitative estimate of drug-likeness (QED) is 0.874. The van der Waals surface area contributed by atoms with Crippen molar-refractivity contribution in [3.05, 3.63) is 48.2 Å². The van der Waals surface area contributed by atoms with Crippen molar-refractivity contribution in [3.63, 3.8) is 0 Å². The van der Waals surface area contributed by atoms with E-state index >= 15 is 0 Å². The number of amides is 1. The molecule has 2 heterocycles. The van der Waals surface area contributed by atoms with Crippen molar-refractivity contribution in [2.75, 3.05) is 32.9 Å². The van der Waals surface area contributed by atoms with Gasteiger partial charge in [0.2, 0.25) is 0 Å². The number of nitrogens with zero attached hydrogens (tertiary/aromatic N) is 2. The number of carbonyl (C=O) groups is 1. The van der Waals surface area contributed by atoms with Crippen LogP contribution < -0.4 is 0 Å². The van der Waals surface area contributed by atoms with E-state index < -0.39 is 0 Å². The smallest absolute Gasteiger partial charge is 0.410 e. The summed E-state index contributed by atoms with van der Waals surface area (Å²) in [5.74, 6) is 0. The minimum Gasteiger partial charge on any atom is -0.445 e. The molecule has 22 heavy (non-hydrogen) atoms. The highest BCUT2D eigenvalue weighted by Gasteiger charge is 2.17. The van der Waals surface area contributed by atoms with Gasteiger partial charge in [0.15, 0.2) is 0 Å². The predicted octanol–water partition coefficient (Wildman–Crippen LogP) is 2.72.